The molecule has 9 nitrogen and oxygen atoms in total. The zero-order valence-corrected chi connectivity index (χ0v) is 20.6. The molecule has 3 amide bonds. The number of hydrogen-bond acceptors (Lipinski definition) is 7. The molecule has 0 spiro atoms. The number of benzene rings is 1. The first-order valence-corrected chi connectivity index (χ1v) is 12.2. The molecule has 1 saturated carbocycles. The second kappa shape index (κ2) is 10.4. The number of nitrogens with zero attached hydrogens (tertiary/aromatic N) is 2. The van der Waals surface area contributed by atoms with Crippen LogP contribution in [0.1, 0.15) is 59.7 Å². The van der Waals surface area contributed by atoms with Gasteiger partial charge in [-0.1, -0.05) is 11.8 Å². The van der Waals surface area contributed by atoms with Crippen molar-refractivity contribution in [2.45, 2.75) is 50.6 Å². The number of anilines is 1. The van der Waals surface area contributed by atoms with Crippen LogP contribution in [-0.4, -0.2) is 66.8 Å². The van der Waals surface area contributed by atoms with Crippen molar-refractivity contribution < 1.29 is 19.2 Å². The van der Waals surface area contributed by atoms with E-state index in [4.69, 9.17) is 5.41 Å². The van der Waals surface area contributed by atoms with Crippen LogP contribution in [0.4, 0.5) is 5.69 Å². The van der Waals surface area contributed by atoms with E-state index >= 15 is 0 Å². The molecule has 188 valence electrons. The molecule has 3 aliphatic rings. The highest BCUT2D eigenvalue weighted by molar-refractivity contribution is 6.23. The maximum atomic E-state index is 13.1. The van der Waals surface area contributed by atoms with E-state index in [1.807, 2.05) is 6.20 Å². The third kappa shape index (κ3) is 4.89. The minimum atomic E-state index is -1.03. The molecule has 36 heavy (non-hydrogen) atoms. The van der Waals surface area contributed by atoms with Crippen LogP contribution in [0.25, 0.3) is 0 Å². The number of fused-ring (bicyclic) bond motifs is 1. The summed E-state index contributed by atoms with van der Waals surface area (Å²) in [7, 11) is 1.43. The van der Waals surface area contributed by atoms with Crippen LogP contribution in [0.5, 0.6) is 0 Å². The number of carbonyl (C=O) groups is 4. The van der Waals surface area contributed by atoms with Gasteiger partial charge in [0, 0.05) is 50.2 Å². The molecular formula is C27H31N5O4. The Hall–Kier alpha value is -3.93. The lowest BCUT2D eigenvalue weighted by atomic mass is 9.79. The third-order valence-corrected chi connectivity index (χ3v) is 7.18. The number of amides is 3. The molecule has 2 heterocycles. The Balaban J connectivity index is 1.41. The quantitative estimate of drug-likeness (QED) is 0.211. The SMILES string of the molecule is CNC(=O)C(CCC=O)N1C(=O)c2ccc(N3CC(C#C/C(C=N)=C/NC4(C)CCC4)C3)cc2C1=O. The van der Waals surface area contributed by atoms with E-state index in [0.717, 1.165) is 23.4 Å². The van der Waals surface area contributed by atoms with Gasteiger partial charge in [0.2, 0.25) is 5.91 Å². The van der Waals surface area contributed by atoms with Crippen LogP contribution in [0.15, 0.2) is 30.0 Å². The highest BCUT2D eigenvalue weighted by Crippen LogP contribution is 2.33. The summed E-state index contributed by atoms with van der Waals surface area (Å²) >= 11 is 0. The Kier molecular flexibility index (Phi) is 7.25. The Morgan fingerprint density at radius 1 is 1.25 bits per heavy atom. The Morgan fingerprint density at radius 2 is 1.97 bits per heavy atom. The van der Waals surface area contributed by atoms with Crippen LogP contribution in [-0.2, 0) is 9.59 Å². The van der Waals surface area contributed by atoms with Crippen LogP contribution in [0.3, 0.4) is 0 Å². The van der Waals surface area contributed by atoms with E-state index in [1.54, 1.807) is 18.2 Å². The van der Waals surface area contributed by atoms with Crippen molar-refractivity contribution in [3.63, 3.8) is 0 Å². The standard InChI is InChI=1S/C27H31N5O4/c1-27(10-4-11-27)30-15-18(14-28)6-7-19-16-31(17-19)20-8-9-21-22(13-20)26(36)32(25(21)35)23(5-3-12-33)24(34)29-2/h8-9,12-15,19,23,28,30H,3-5,10-11,16-17H2,1-2H3,(H,29,34)/b18-15-,28-14?. The summed E-state index contributed by atoms with van der Waals surface area (Å²) < 4.78 is 0. The predicted octanol–water partition coefficient (Wildman–Crippen LogP) is 1.88. The van der Waals surface area contributed by atoms with Crippen molar-refractivity contribution >= 4 is 35.9 Å². The summed E-state index contributed by atoms with van der Waals surface area (Å²) in [4.78, 5) is 52.3. The third-order valence-electron chi connectivity index (χ3n) is 7.18. The van der Waals surface area contributed by atoms with E-state index in [0.29, 0.717) is 24.9 Å². The first kappa shape index (κ1) is 25.2. The summed E-state index contributed by atoms with van der Waals surface area (Å²) in [6.07, 6.45) is 7.36. The lowest BCUT2D eigenvalue weighted by Gasteiger charge is -2.39. The van der Waals surface area contributed by atoms with Crippen LogP contribution in [0.2, 0.25) is 0 Å². The molecule has 1 aromatic rings. The highest BCUT2D eigenvalue weighted by Gasteiger charge is 2.43. The number of allylic oxidation sites excluding steroid dienone is 1. The van der Waals surface area contributed by atoms with Crippen LogP contribution in [0, 0.1) is 23.2 Å². The van der Waals surface area contributed by atoms with Gasteiger partial charge in [-0.15, -0.1) is 0 Å². The lowest BCUT2D eigenvalue weighted by Crippen LogP contribution is -2.48. The molecule has 0 radical (unpaired) electrons. The summed E-state index contributed by atoms with van der Waals surface area (Å²) in [5.74, 6) is 4.90. The predicted molar refractivity (Wildman–Crippen MR) is 136 cm³/mol. The Morgan fingerprint density at radius 3 is 2.58 bits per heavy atom. The summed E-state index contributed by atoms with van der Waals surface area (Å²) in [6, 6.07) is 4.07. The van der Waals surface area contributed by atoms with Crippen molar-refractivity contribution in [3.05, 3.63) is 41.1 Å². The number of likely N-dealkylation sites (N-methyl/N-ethyl adjacent to an activating group) is 1. The van der Waals surface area contributed by atoms with Crippen LogP contribution >= 0.6 is 0 Å². The van der Waals surface area contributed by atoms with Gasteiger partial charge in [-0.25, -0.2) is 0 Å². The highest BCUT2D eigenvalue weighted by atomic mass is 16.2. The second-order valence-electron chi connectivity index (χ2n) is 9.76. The average Bonchev–Trinajstić information content (AvgIpc) is 3.08. The minimum absolute atomic E-state index is 0.0667. The lowest BCUT2D eigenvalue weighted by molar-refractivity contribution is -0.124. The Bertz CT molecular complexity index is 1180. The monoisotopic (exact) mass is 489 g/mol. The van der Waals surface area contributed by atoms with E-state index in [1.165, 1.54) is 19.7 Å². The topological polar surface area (TPSA) is 123 Å². The fourth-order valence-corrected chi connectivity index (χ4v) is 4.68. The number of rotatable bonds is 9. The van der Waals surface area contributed by atoms with Gasteiger partial charge in [0.1, 0.15) is 12.3 Å². The number of carbonyl (C=O) groups excluding carboxylic acids is 4. The molecule has 0 aromatic heterocycles. The van der Waals surface area contributed by atoms with Crippen molar-refractivity contribution in [3.8, 4) is 11.8 Å². The van der Waals surface area contributed by atoms with Gasteiger partial charge in [-0.3, -0.25) is 19.3 Å². The molecular weight excluding hydrogens is 458 g/mol. The second-order valence-corrected chi connectivity index (χ2v) is 9.76. The van der Waals surface area contributed by atoms with Crippen molar-refractivity contribution in [2.75, 3.05) is 25.0 Å². The van der Waals surface area contributed by atoms with Crippen molar-refractivity contribution in [1.29, 1.82) is 5.41 Å². The molecule has 9 heteroatoms. The van der Waals surface area contributed by atoms with Gasteiger partial charge in [0.15, 0.2) is 0 Å². The van der Waals surface area contributed by atoms with E-state index in [2.05, 4.69) is 34.3 Å². The van der Waals surface area contributed by atoms with Gasteiger partial charge < -0.3 is 25.7 Å². The average molecular weight is 490 g/mol. The van der Waals surface area contributed by atoms with E-state index in [9.17, 15) is 19.2 Å². The molecule has 3 N–H and O–H groups in total. The number of imide groups is 1. The van der Waals surface area contributed by atoms with E-state index < -0.39 is 23.8 Å². The molecule has 2 aliphatic heterocycles. The van der Waals surface area contributed by atoms with Gasteiger partial charge in [-0.05, 0) is 50.8 Å². The fraction of sp³-hybridized carbons (Fsp3) is 0.444. The number of nitrogens with one attached hydrogen (secondary N) is 3. The summed E-state index contributed by atoms with van der Waals surface area (Å²) in [5.41, 5.74) is 2.08. The van der Waals surface area contributed by atoms with E-state index in [-0.39, 0.29) is 35.4 Å². The van der Waals surface area contributed by atoms with Crippen LogP contribution < -0.4 is 15.5 Å². The zero-order valence-electron chi connectivity index (χ0n) is 20.6. The Labute approximate surface area is 210 Å². The normalized spacial score (nSPS) is 19.3. The molecule has 1 saturated heterocycles. The van der Waals surface area contributed by atoms with Gasteiger partial charge >= 0.3 is 0 Å². The smallest absolute Gasteiger partial charge is 0.262 e. The molecule has 2 fully saturated rings. The molecule has 1 atom stereocenters. The van der Waals surface area contributed by atoms with Gasteiger partial charge in [-0.2, -0.15) is 0 Å². The number of hydrogen-bond donors (Lipinski definition) is 3. The zero-order chi connectivity index (χ0) is 25.9. The molecule has 4 rings (SSSR count). The first-order valence-electron chi connectivity index (χ1n) is 12.2. The van der Waals surface area contributed by atoms with Crippen molar-refractivity contribution in [1.82, 2.24) is 15.5 Å². The van der Waals surface area contributed by atoms with Gasteiger partial charge in [0.25, 0.3) is 11.8 Å². The minimum Gasteiger partial charge on any atom is -0.385 e. The molecule has 1 aromatic carbocycles. The summed E-state index contributed by atoms with van der Waals surface area (Å²) in [5, 5.41) is 13.5. The number of aldehydes is 1. The first-order chi connectivity index (χ1) is 17.3. The molecule has 1 aliphatic carbocycles. The molecule has 1 unspecified atom stereocenters. The van der Waals surface area contributed by atoms with Gasteiger partial charge in [0.05, 0.1) is 22.6 Å². The fourth-order valence-electron chi connectivity index (χ4n) is 4.68. The maximum Gasteiger partial charge on any atom is 0.262 e. The largest absolute Gasteiger partial charge is 0.385 e. The summed E-state index contributed by atoms with van der Waals surface area (Å²) in [6.45, 7) is 3.52. The van der Waals surface area contributed by atoms with Crippen molar-refractivity contribution in [2.24, 2.45) is 5.92 Å². The maximum absolute atomic E-state index is 13.1. The molecule has 0 bridgehead atoms.